The van der Waals surface area contributed by atoms with Gasteiger partial charge in [-0.05, 0) is 57.5 Å². The summed E-state index contributed by atoms with van der Waals surface area (Å²) in [5, 5.41) is -0.0829. The van der Waals surface area contributed by atoms with Gasteiger partial charge in [0.1, 0.15) is 12.4 Å². The number of aromatic nitrogens is 2. The molecule has 42 heavy (non-hydrogen) atoms. The lowest BCUT2D eigenvalue weighted by molar-refractivity contribution is 0.0338. The molecular weight excluding hydrogens is 572 g/mol. The van der Waals surface area contributed by atoms with Crippen molar-refractivity contribution in [3.63, 3.8) is 0 Å². The van der Waals surface area contributed by atoms with Gasteiger partial charge in [-0.3, -0.25) is 0 Å². The van der Waals surface area contributed by atoms with E-state index in [1.54, 1.807) is 4.90 Å². The van der Waals surface area contributed by atoms with Gasteiger partial charge in [0.15, 0.2) is 14.1 Å². The maximum atomic E-state index is 12.7. The van der Waals surface area contributed by atoms with Crippen LogP contribution in [0.2, 0.25) is 18.1 Å². The summed E-state index contributed by atoms with van der Waals surface area (Å²) in [6, 6.07) is 7.88. The number of carbonyl (C=O) groups is 1. The number of anilines is 1. The van der Waals surface area contributed by atoms with E-state index < -0.39 is 19.9 Å². The van der Waals surface area contributed by atoms with Crippen LogP contribution in [0.15, 0.2) is 36.7 Å². The van der Waals surface area contributed by atoms with Crippen molar-refractivity contribution >= 4 is 31.7 Å². The van der Waals surface area contributed by atoms with Crippen molar-refractivity contribution in [2.45, 2.75) is 89.2 Å². The number of benzene rings is 1. The third-order valence-electron chi connectivity index (χ3n) is 8.18. The van der Waals surface area contributed by atoms with Gasteiger partial charge >= 0.3 is 6.09 Å². The fraction of sp³-hybridized carbons (Fsp3) is 0.645. The van der Waals surface area contributed by atoms with Crippen molar-refractivity contribution in [3.8, 4) is 17.1 Å². The summed E-state index contributed by atoms with van der Waals surface area (Å²) in [5.41, 5.74) is 1.30. The molecule has 11 heteroatoms. The molecule has 1 aromatic heterocycles. The van der Waals surface area contributed by atoms with Gasteiger partial charge in [0.25, 0.3) is 0 Å². The predicted octanol–water partition coefficient (Wildman–Crippen LogP) is 6.61. The second-order valence-corrected chi connectivity index (χ2v) is 18.7. The van der Waals surface area contributed by atoms with Crippen LogP contribution in [0.4, 0.5) is 10.5 Å². The van der Waals surface area contributed by atoms with Crippen LogP contribution >= 0.6 is 11.6 Å². The highest BCUT2D eigenvalue weighted by Crippen LogP contribution is 2.38. The Kier molecular flexibility index (Phi) is 11.3. The first-order valence-corrected chi connectivity index (χ1v) is 17.9. The highest BCUT2D eigenvalue weighted by Gasteiger charge is 2.41. The molecule has 0 radical (unpaired) electrons. The largest absolute Gasteiger partial charge is 0.491 e. The molecule has 1 aliphatic heterocycles. The van der Waals surface area contributed by atoms with E-state index in [0.29, 0.717) is 31.3 Å². The number of rotatable bonds is 10. The van der Waals surface area contributed by atoms with Crippen molar-refractivity contribution in [2.24, 2.45) is 0 Å². The number of nitrogens with zero attached hydrogens (tertiary/aromatic N) is 4. The first-order chi connectivity index (χ1) is 19.5. The lowest BCUT2D eigenvalue weighted by atomic mass is 10.1. The van der Waals surface area contributed by atoms with Crippen LogP contribution in [0, 0.1) is 0 Å². The summed E-state index contributed by atoms with van der Waals surface area (Å²) < 4.78 is 23.6. The van der Waals surface area contributed by atoms with Crippen LogP contribution in [0.3, 0.4) is 0 Å². The quantitative estimate of drug-likeness (QED) is 0.217. The van der Waals surface area contributed by atoms with Crippen LogP contribution in [-0.4, -0.2) is 92.9 Å². The number of alkyl halides is 1. The van der Waals surface area contributed by atoms with Gasteiger partial charge in [-0.1, -0.05) is 32.9 Å². The molecule has 2 heterocycles. The Morgan fingerprint density at radius 3 is 2.40 bits per heavy atom. The Labute approximate surface area is 258 Å². The summed E-state index contributed by atoms with van der Waals surface area (Å²) in [6.07, 6.45) is 3.77. The Balaban J connectivity index is 1.77. The number of hydrogen-bond acceptors (Lipinski definition) is 8. The number of carbonyl (C=O) groups excluding carboxylic acids is 1. The summed E-state index contributed by atoms with van der Waals surface area (Å²) in [5.74, 6) is 1.28. The zero-order valence-corrected chi connectivity index (χ0v) is 28.7. The lowest BCUT2D eigenvalue weighted by Crippen LogP contribution is -2.54. The third-order valence-corrected chi connectivity index (χ3v) is 13.1. The summed E-state index contributed by atoms with van der Waals surface area (Å²) in [6.45, 7) is 18.8. The molecule has 1 saturated heterocycles. The molecule has 0 aliphatic carbocycles. The average molecular weight is 621 g/mol. The van der Waals surface area contributed by atoms with Crippen LogP contribution < -0.4 is 9.64 Å². The fourth-order valence-corrected chi connectivity index (χ4v) is 6.25. The number of amides is 1. The second kappa shape index (κ2) is 13.9. The maximum Gasteiger partial charge on any atom is 0.410 e. The van der Waals surface area contributed by atoms with Crippen molar-refractivity contribution < 1.29 is 23.4 Å². The first kappa shape index (κ1) is 34.1. The number of halogens is 1. The van der Waals surface area contributed by atoms with Crippen LogP contribution in [0.1, 0.15) is 48.0 Å². The highest BCUT2D eigenvalue weighted by atomic mass is 35.5. The molecule has 0 saturated carbocycles. The topological polar surface area (TPSA) is 86.2 Å². The minimum atomic E-state index is -2.17. The van der Waals surface area contributed by atoms with E-state index in [1.807, 2.05) is 64.5 Å². The minimum absolute atomic E-state index is 0.00396. The molecule has 0 spiro atoms. The van der Waals surface area contributed by atoms with Crippen molar-refractivity contribution in [1.82, 2.24) is 14.9 Å². The minimum Gasteiger partial charge on any atom is -0.491 e. The molecule has 0 bridgehead atoms. The zero-order valence-electron chi connectivity index (χ0n) is 26.9. The normalized spacial score (nSPS) is 18.7. The van der Waals surface area contributed by atoms with Gasteiger partial charge in [-0.25, -0.2) is 14.8 Å². The molecule has 1 fully saturated rings. The molecule has 3 unspecified atom stereocenters. The van der Waals surface area contributed by atoms with Gasteiger partial charge in [-0.2, -0.15) is 0 Å². The highest BCUT2D eigenvalue weighted by molar-refractivity contribution is 6.74. The molecule has 0 N–H and O–H groups in total. The third kappa shape index (κ3) is 8.81. The fourth-order valence-electron chi connectivity index (χ4n) is 4.54. The zero-order chi connectivity index (χ0) is 31.3. The van der Waals surface area contributed by atoms with Crippen molar-refractivity contribution in [3.05, 3.63) is 36.7 Å². The molecule has 9 nitrogen and oxygen atoms in total. The summed E-state index contributed by atoms with van der Waals surface area (Å²) in [7, 11) is 1.25. The smallest absolute Gasteiger partial charge is 0.410 e. The molecule has 1 amide bonds. The first-order valence-electron chi connectivity index (χ1n) is 14.6. The van der Waals surface area contributed by atoms with Crippen molar-refractivity contribution in [2.75, 3.05) is 45.4 Å². The van der Waals surface area contributed by atoms with Gasteiger partial charge < -0.3 is 28.4 Å². The van der Waals surface area contributed by atoms with Gasteiger partial charge in [0, 0.05) is 30.8 Å². The summed E-state index contributed by atoms with van der Waals surface area (Å²) in [4.78, 5) is 25.8. The molecule has 2 aromatic rings. The average Bonchev–Trinajstić information content (AvgIpc) is 2.93. The van der Waals surface area contributed by atoms with Crippen LogP contribution in [-0.2, 0) is 13.9 Å². The molecule has 3 atom stereocenters. The Hall–Kier alpha value is -2.40. The van der Waals surface area contributed by atoms with E-state index >= 15 is 0 Å². The van der Waals surface area contributed by atoms with E-state index in [4.69, 9.17) is 30.2 Å². The lowest BCUT2D eigenvalue weighted by Gasteiger charge is -2.42. The molecule has 1 aliphatic rings. The molecule has 3 rings (SSSR count). The summed E-state index contributed by atoms with van der Waals surface area (Å²) >= 11 is 6.50. The van der Waals surface area contributed by atoms with E-state index in [9.17, 15) is 4.79 Å². The van der Waals surface area contributed by atoms with Gasteiger partial charge in [0.05, 0.1) is 49.8 Å². The standard InChI is InChI=1S/C31H49ClN4O5Si/c1-30(2,3)36(29(37)38-8)19-25(41-42(9,10)31(4,5)6)20-40-24-13-11-12-22(16-24)28-33-17-23(18-34-28)35(7)27-14-15-39-21-26(27)32/h11-13,16-18,25-27H,14-15,19-21H2,1-10H3. The van der Waals surface area contributed by atoms with E-state index in [0.717, 1.165) is 17.7 Å². The van der Waals surface area contributed by atoms with Crippen LogP contribution in [0.25, 0.3) is 11.4 Å². The van der Waals surface area contributed by atoms with E-state index in [-0.39, 0.29) is 29.2 Å². The van der Waals surface area contributed by atoms with Crippen LogP contribution in [0.5, 0.6) is 5.75 Å². The maximum absolute atomic E-state index is 12.7. The SMILES string of the molecule is COC(=O)N(CC(COc1cccc(-c2ncc(N(C)C3CCOCC3Cl)cn2)c1)O[Si](C)(C)C(C)(C)C)C(C)(C)C. The molecular formula is C31H49ClN4O5Si. The van der Waals surface area contributed by atoms with Crippen molar-refractivity contribution in [1.29, 1.82) is 0 Å². The Morgan fingerprint density at radius 2 is 1.83 bits per heavy atom. The van der Waals surface area contributed by atoms with Gasteiger partial charge in [-0.15, -0.1) is 11.6 Å². The van der Waals surface area contributed by atoms with E-state index in [2.05, 4.69) is 48.7 Å². The Morgan fingerprint density at radius 1 is 1.17 bits per heavy atom. The second-order valence-electron chi connectivity index (χ2n) is 13.4. The monoisotopic (exact) mass is 620 g/mol. The Bertz CT molecular complexity index is 1170. The molecule has 1 aromatic carbocycles. The number of hydrogen-bond donors (Lipinski definition) is 0. The number of ether oxygens (including phenoxy) is 3. The van der Waals surface area contributed by atoms with Gasteiger partial charge in [0.2, 0.25) is 0 Å². The predicted molar refractivity (Wildman–Crippen MR) is 171 cm³/mol. The van der Waals surface area contributed by atoms with E-state index in [1.165, 1.54) is 7.11 Å². The number of methoxy groups -OCH3 is 1. The molecule has 234 valence electrons.